The van der Waals surface area contributed by atoms with Gasteiger partial charge in [0, 0.05) is 6.07 Å². The number of ether oxygens (including phenoxy) is 3. The summed E-state index contributed by atoms with van der Waals surface area (Å²) in [4.78, 5) is 34.5. The van der Waals surface area contributed by atoms with Crippen LogP contribution in [0.3, 0.4) is 0 Å². The first-order valence-electron chi connectivity index (χ1n) is 9.71. The lowest BCUT2D eigenvalue weighted by Gasteiger charge is -2.10. The molecule has 0 fully saturated rings. The number of nitrogens with zero attached hydrogens (tertiary/aromatic N) is 2. The molecule has 0 aromatic heterocycles. The quantitative estimate of drug-likeness (QED) is 0.168. The highest BCUT2D eigenvalue weighted by Gasteiger charge is 2.15. The largest absolute Gasteiger partial charge is 0.493 e. The van der Waals surface area contributed by atoms with Crippen LogP contribution in [0.4, 0.5) is 10.1 Å². The van der Waals surface area contributed by atoms with Crippen molar-refractivity contribution < 1.29 is 33.1 Å². The Balaban J connectivity index is 1.58. The molecule has 0 radical (unpaired) electrons. The van der Waals surface area contributed by atoms with E-state index in [4.69, 9.17) is 14.2 Å². The summed E-state index contributed by atoms with van der Waals surface area (Å²) in [5.41, 5.74) is 2.52. The van der Waals surface area contributed by atoms with E-state index in [2.05, 4.69) is 10.5 Å². The van der Waals surface area contributed by atoms with Crippen molar-refractivity contribution in [2.45, 2.75) is 0 Å². The highest BCUT2D eigenvalue weighted by molar-refractivity contribution is 5.91. The Morgan fingerprint density at radius 2 is 1.85 bits per heavy atom. The lowest BCUT2D eigenvalue weighted by atomic mass is 10.2. The zero-order chi connectivity index (χ0) is 24.5. The molecule has 0 saturated heterocycles. The van der Waals surface area contributed by atoms with Gasteiger partial charge in [0.05, 0.1) is 23.8 Å². The Bertz CT molecular complexity index is 1250. The van der Waals surface area contributed by atoms with Crippen molar-refractivity contribution in [3.63, 3.8) is 0 Å². The summed E-state index contributed by atoms with van der Waals surface area (Å²) in [6.07, 6.45) is 1.31. The fourth-order valence-electron chi connectivity index (χ4n) is 2.71. The van der Waals surface area contributed by atoms with E-state index in [1.165, 1.54) is 61.9 Å². The number of carbonyl (C=O) groups is 2. The average molecular weight is 467 g/mol. The third kappa shape index (κ3) is 6.36. The Morgan fingerprint density at radius 3 is 2.59 bits per heavy atom. The van der Waals surface area contributed by atoms with E-state index in [1.54, 1.807) is 12.1 Å². The molecule has 0 heterocycles. The van der Waals surface area contributed by atoms with E-state index in [0.717, 1.165) is 6.07 Å². The topological polar surface area (TPSA) is 129 Å². The summed E-state index contributed by atoms with van der Waals surface area (Å²) >= 11 is 0. The molecule has 0 bridgehead atoms. The Morgan fingerprint density at radius 1 is 1.06 bits per heavy atom. The fourth-order valence-corrected chi connectivity index (χ4v) is 2.71. The van der Waals surface area contributed by atoms with E-state index < -0.39 is 29.2 Å². The van der Waals surface area contributed by atoms with Gasteiger partial charge in [-0.1, -0.05) is 18.2 Å². The van der Waals surface area contributed by atoms with Gasteiger partial charge >= 0.3 is 11.7 Å². The molecule has 0 atom stereocenters. The number of para-hydroxylation sites is 2. The number of rotatable bonds is 9. The molecular weight excluding hydrogens is 449 g/mol. The first kappa shape index (κ1) is 23.9. The van der Waals surface area contributed by atoms with Crippen molar-refractivity contribution in [1.29, 1.82) is 0 Å². The number of esters is 1. The average Bonchev–Trinajstić information content (AvgIpc) is 2.83. The Kier molecular flexibility index (Phi) is 7.84. The van der Waals surface area contributed by atoms with Gasteiger partial charge in [-0.2, -0.15) is 5.10 Å². The van der Waals surface area contributed by atoms with Crippen molar-refractivity contribution >= 4 is 23.8 Å². The number of hydrazone groups is 1. The normalized spacial score (nSPS) is 10.5. The maximum atomic E-state index is 13.3. The van der Waals surface area contributed by atoms with Gasteiger partial charge in [-0.25, -0.2) is 14.6 Å². The third-order valence-corrected chi connectivity index (χ3v) is 4.27. The number of halogens is 1. The van der Waals surface area contributed by atoms with Gasteiger partial charge in [-0.05, 0) is 48.0 Å². The molecule has 0 unspecified atom stereocenters. The molecule has 3 rings (SSSR count). The predicted octanol–water partition coefficient (Wildman–Crippen LogP) is 3.49. The number of hydrogen-bond donors (Lipinski definition) is 1. The van der Waals surface area contributed by atoms with Gasteiger partial charge in [-0.15, -0.1) is 0 Å². The van der Waals surface area contributed by atoms with Crippen LogP contribution in [-0.2, 0) is 4.79 Å². The Labute approximate surface area is 192 Å². The van der Waals surface area contributed by atoms with Crippen molar-refractivity contribution in [2.75, 3.05) is 13.7 Å². The van der Waals surface area contributed by atoms with Crippen molar-refractivity contribution in [1.82, 2.24) is 5.43 Å². The standard InChI is InChI=1S/C23H18FN3O7/c1-32-21-11-15(9-10-20(21)34-23(29)16-5-4-6-17(24)12-16)13-25-26-22(28)14-33-19-8-3-2-7-18(19)27(30)31/h2-13H,14H2,1H3,(H,26,28)/b25-13+. The summed E-state index contributed by atoms with van der Waals surface area (Å²) in [6.45, 7) is -0.486. The van der Waals surface area contributed by atoms with E-state index in [-0.39, 0.29) is 28.5 Å². The molecule has 0 aliphatic carbocycles. The first-order valence-corrected chi connectivity index (χ1v) is 9.71. The number of nitrogens with one attached hydrogen (secondary N) is 1. The predicted molar refractivity (Wildman–Crippen MR) is 119 cm³/mol. The number of carbonyl (C=O) groups excluding carboxylic acids is 2. The summed E-state index contributed by atoms with van der Waals surface area (Å²) in [7, 11) is 1.37. The second kappa shape index (κ2) is 11.2. The van der Waals surface area contributed by atoms with Crippen molar-refractivity contribution in [3.05, 3.63) is 93.8 Å². The van der Waals surface area contributed by atoms with Crippen LogP contribution >= 0.6 is 0 Å². The van der Waals surface area contributed by atoms with Crippen LogP contribution in [0.15, 0.2) is 71.8 Å². The highest BCUT2D eigenvalue weighted by Crippen LogP contribution is 2.28. The Hall–Kier alpha value is -4.80. The zero-order valence-corrected chi connectivity index (χ0v) is 17.8. The molecule has 174 valence electrons. The first-order chi connectivity index (χ1) is 16.4. The number of nitro groups is 1. The fraction of sp³-hybridized carbons (Fsp3) is 0.0870. The van der Waals surface area contributed by atoms with Crippen molar-refractivity contribution in [2.24, 2.45) is 5.10 Å². The number of amides is 1. The van der Waals surface area contributed by atoms with Crippen LogP contribution in [0.25, 0.3) is 0 Å². The molecule has 1 amide bonds. The highest BCUT2D eigenvalue weighted by atomic mass is 19.1. The minimum atomic E-state index is -0.759. The van der Waals surface area contributed by atoms with Crippen LogP contribution in [-0.4, -0.2) is 36.7 Å². The van der Waals surface area contributed by atoms with E-state index in [1.807, 2.05) is 0 Å². The van der Waals surface area contributed by atoms with E-state index in [9.17, 15) is 24.1 Å². The van der Waals surface area contributed by atoms with Gasteiger partial charge in [0.25, 0.3) is 5.91 Å². The number of methoxy groups -OCH3 is 1. The lowest BCUT2D eigenvalue weighted by molar-refractivity contribution is -0.385. The second-order valence-corrected chi connectivity index (χ2v) is 6.62. The van der Waals surface area contributed by atoms with Crippen LogP contribution in [0.1, 0.15) is 15.9 Å². The van der Waals surface area contributed by atoms with E-state index in [0.29, 0.717) is 5.56 Å². The second-order valence-electron chi connectivity index (χ2n) is 6.62. The molecule has 0 aliphatic heterocycles. The smallest absolute Gasteiger partial charge is 0.343 e. The van der Waals surface area contributed by atoms with Crippen LogP contribution in [0.5, 0.6) is 17.2 Å². The van der Waals surface area contributed by atoms with Crippen LogP contribution in [0, 0.1) is 15.9 Å². The van der Waals surface area contributed by atoms with Crippen LogP contribution in [0.2, 0.25) is 0 Å². The molecule has 34 heavy (non-hydrogen) atoms. The summed E-state index contributed by atoms with van der Waals surface area (Å²) < 4.78 is 29.0. The third-order valence-electron chi connectivity index (χ3n) is 4.27. The summed E-state index contributed by atoms with van der Waals surface area (Å²) in [6, 6.07) is 15.3. The van der Waals surface area contributed by atoms with Gasteiger partial charge in [0.15, 0.2) is 23.9 Å². The summed E-state index contributed by atoms with van der Waals surface area (Å²) in [5, 5.41) is 14.8. The van der Waals surface area contributed by atoms with Gasteiger partial charge in [0.1, 0.15) is 5.82 Å². The van der Waals surface area contributed by atoms with Gasteiger partial charge in [0.2, 0.25) is 0 Å². The maximum Gasteiger partial charge on any atom is 0.343 e. The molecule has 10 nitrogen and oxygen atoms in total. The van der Waals surface area contributed by atoms with Crippen molar-refractivity contribution in [3.8, 4) is 17.2 Å². The minimum absolute atomic E-state index is 0.0402. The number of hydrogen-bond acceptors (Lipinski definition) is 8. The molecule has 0 aliphatic rings. The lowest BCUT2D eigenvalue weighted by Crippen LogP contribution is -2.24. The van der Waals surface area contributed by atoms with Crippen LogP contribution < -0.4 is 19.6 Å². The molecule has 1 N–H and O–H groups in total. The van der Waals surface area contributed by atoms with Gasteiger partial charge in [-0.3, -0.25) is 14.9 Å². The van der Waals surface area contributed by atoms with Gasteiger partial charge < -0.3 is 14.2 Å². The summed E-state index contributed by atoms with van der Waals surface area (Å²) in [5.74, 6) is -1.69. The number of nitro benzene ring substituents is 1. The molecular formula is C23H18FN3O7. The minimum Gasteiger partial charge on any atom is -0.493 e. The van der Waals surface area contributed by atoms with E-state index >= 15 is 0 Å². The number of benzene rings is 3. The molecule has 0 saturated carbocycles. The molecule has 3 aromatic rings. The molecule has 11 heteroatoms. The zero-order valence-electron chi connectivity index (χ0n) is 17.8. The SMILES string of the molecule is COc1cc(/C=N/NC(=O)COc2ccccc2[N+](=O)[O-])ccc1OC(=O)c1cccc(F)c1. The monoisotopic (exact) mass is 467 g/mol. The maximum absolute atomic E-state index is 13.3. The molecule has 0 spiro atoms. The molecule has 3 aromatic carbocycles.